The predicted octanol–water partition coefficient (Wildman–Crippen LogP) is 3.66. The molecule has 1 saturated heterocycles. The molecule has 118 valence electrons. The SMILES string of the molecule is COc1ccc(C(N)C(C)(C)N2CCCCCC2)c(C)c1. The van der Waals surface area contributed by atoms with E-state index in [1.54, 1.807) is 7.11 Å². The average Bonchev–Trinajstić information content (AvgIpc) is 2.76. The number of aryl methyl sites for hydroxylation is 1. The van der Waals surface area contributed by atoms with Gasteiger partial charge in [-0.05, 0) is 70.0 Å². The Morgan fingerprint density at radius 3 is 2.29 bits per heavy atom. The zero-order valence-electron chi connectivity index (χ0n) is 14.0. The summed E-state index contributed by atoms with van der Waals surface area (Å²) in [5.41, 5.74) is 9.08. The quantitative estimate of drug-likeness (QED) is 0.919. The number of nitrogens with two attached hydrogens (primary N) is 1. The van der Waals surface area contributed by atoms with Crippen LogP contribution in [-0.2, 0) is 0 Å². The summed E-state index contributed by atoms with van der Waals surface area (Å²) in [5, 5.41) is 0. The van der Waals surface area contributed by atoms with Crippen LogP contribution in [0.3, 0.4) is 0 Å². The monoisotopic (exact) mass is 290 g/mol. The third-order valence-electron chi connectivity index (χ3n) is 4.99. The summed E-state index contributed by atoms with van der Waals surface area (Å²) in [4.78, 5) is 2.58. The van der Waals surface area contributed by atoms with Gasteiger partial charge < -0.3 is 10.5 Å². The van der Waals surface area contributed by atoms with Crippen LogP contribution in [0.5, 0.6) is 5.75 Å². The van der Waals surface area contributed by atoms with Gasteiger partial charge in [0.1, 0.15) is 5.75 Å². The molecular weight excluding hydrogens is 260 g/mol. The third kappa shape index (κ3) is 3.58. The first-order chi connectivity index (χ1) is 9.96. The highest BCUT2D eigenvalue weighted by molar-refractivity contribution is 5.37. The predicted molar refractivity (Wildman–Crippen MR) is 88.8 cm³/mol. The lowest BCUT2D eigenvalue weighted by Gasteiger charge is -2.43. The maximum Gasteiger partial charge on any atom is 0.119 e. The third-order valence-corrected chi connectivity index (χ3v) is 4.99. The minimum Gasteiger partial charge on any atom is -0.497 e. The standard InChI is InChI=1S/C18H30N2O/c1-14-13-15(21-4)9-10-16(14)17(19)18(2,3)20-11-7-5-6-8-12-20/h9-10,13,17H,5-8,11-12,19H2,1-4H3. The maximum atomic E-state index is 6.66. The molecular formula is C18H30N2O. The molecule has 0 amide bonds. The number of nitrogens with zero attached hydrogens (tertiary/aromatic N) is 1. The maximum absolute atomic E-state index is 6.66. The van der Waals surface area contributed by atoms with E-state index in [1.165, 1.54) is 36.8 Å². The Balaban J connectivity index is 2.22. The number of rotatable bonds is 4. The van der Waals surface area contributed by atoms with E-state index in [-0.39, 0.29) is 11.6 Å². The molecule has 2 N–H and O–H groups in total. The highest BCUT2D eigenvalue weighted by Gasteiger charge is 2.34. The van der Waals surface area contributed by atoms with Gasteiger partial charge in [0.15, 0.2) is 0 Å². The molecule has 1 heterocycles. The number of methoxy groups -OCH3 is 1. The fourth-order valence-electron chi connectivity index (χ4n) is 3.35. The van der Waals surface area contributed by atoms with Gasteiger partial charge in [0, 0.05) is 11.6 Å². The molecule has 0 saturated carbocycles. The second-order valence-corrected chi connectivity index (χ2v) is 6.76. The Hall–Kier alpha value is -1.06. The lowest BCUT2D eigenvalue weighted by molar-refractivity contribution is 0.0978. The first-order valence-corrected chi connectivity index (χ1v) is 8.12. The molecule has 1 atom stereocenters. The Kier molecular flexibility index (Phi) is 5.28. The first-order valence-electron chi connectivity index (χ1n) is 8.12. The van der Waals surface area contributed by atoms with Crippen LogP contribution in [0.1, 0.15) is 56.7 Å². The van der Waals surface area contributed by atoms with Gasteiger partial charge in [-0.3, -0.25) is 4.90 Å². The number of hydrogen-bond acceptors (Lipinski definition) is 3. The van der Waals surface area contributed by atoms with Crippen LogP contribution in [0, 0.1) is 6.92 Å². The van der Waals surface area contributed by atoms with Gasteiger partial charge in [-0.25, -0.2) is 0 Å². The summed E-state index contributed by atoms with van der Waals surface area (Å²) >= 11 is 0. The van der Waals surface area contributed by atoms with Gasteiger partial charge in [-0.1, -0.05) is 18.9 Å². The van der Waals surface area contributed by atoms with Crippen molar-refractivity contribution in [3.63, 3.8) is 0 Å². The highest BCUT2D eigenvalue weighted by atomic mass is 16.5. The fourth-order valence-corrected chi connectivity index (χ4v) is 3.35. The summed E-state index contributed by atoms with van der Waals surface area (Å²) in [6, 6.07) is 6.23. The summed E-state index contributed by atoms with van der Waals surface area (Å²) in [6.07, 6.45) is 5.28. The molecule has 1 aromatic rings. The van der Waals surface area contributed by atoms with E-state index in [0.717, 1.165) is 18.8 Å². The molecule has 1 fully saturated rings. The average molecular weight is 290 g/mol. The van der Waals surface area contributed by atoms with E-state index in [0.29, 0.717) is 0 Å². The van der Waals surface area contributed by atoms with E-state index < -0.39 is 0 Å². The summed E-state index contributed by atoms with van der Waals surface area (Å²) in [5.74, 6) is 0.899. The van der Waals surface area contributed by atoms with Crippen molar-refractivity contribution in [1.82, 2.24) is 4.90 Å². The Bertz CT molecular complexity index is 462. The zero-order valence-corrected chi connectivity index (χ0v) is 14.0. The Labute approximate surface area is 129 Å². The molecule has 0 aliphatic carbocycles. The van der Waals surface area contributed by atoms with Crippen molar-refractivity contribution in [2.45, 2.75) is 58.0 Å². The molecule has 0 aromatic heterocycles. The van der Waals surface area contributed by atoms with Crippen LogP contribution < -0.4 is 10.5 Å². The second-order valence-electron chi connectivity index (χ2n) is 6.76. The number of likely N-dealkylation sites (tertiary alicyclic amines) is 1. The molecule has 21 heavy (non-hydrogen) atoms. The van der Waals surface area contributed by atoms with Gasteiger partial charge in [0.05, 0.1) is 7.11 Å². The van der Waals surface area contributed by atoms with E-state index in [2.05, 4.69) is 37.8 Å². The van der Waals surface area contributed by atoms with Crippen LogP contribution in [0.4, 0.5) is 0 Å². The first kappa shape index (κ1) is 16.3. The lowest BCUT2D eigenvalue weighted by atomic mass is 9.85. The molecule has 3 heteroatoms. The molecule has 1 aromatic carbocycles. The van der Waals surface area contributed by atoms with E-state index in [1.807, 2.05) is 6.07 Å². The normalized spacial score (nSPS) is 19.1. The van der Waals surface area contributed by atoms with Crippen LogP contribution in [0.2, 0.25) is 0 Å². The molecule has 0 radical (unpaired) electrons. The summed E-state index contributed by atoms with van der Waals surface area (Å²) in [6.45, 7) is 9.02. The van der Waals surface area contributed by atoms with Gasteiger partial charge in [-0.15, -0.1) is 0 Å². The number of ether oxygens (including phenoxy) is 1. The van der Waals surface area contributed by atoms with Crippen molar-refractivity contribution in [2.75, 3.05) is 20.2 Å². The van der Waals surface area contributed by atoms with Crippen LogP contribution in [0.15, 0.2) is 18.2 Å². The van der Waals surface area contributed by atoms with Gasteiger partial charge in [-0.2, -0.15) is 0 Å². The van der Waals surface area contributed by atoms with Gasteiger partial charge in [0.25, 0.3) is 0 Å². The topological polar surface area (TPSA) is 38.5 Å². The van der Waals surface area contributed by atoms with Crippen LogP contribution >= 0.6 is 0 Å². The zero-order chi connectivity index (χ0) is 15.5. The molecule has 3 nitrogen and oxygen atoms in total. The molecule has 0 spiro atoms. The number of benzene rings is 1. The van der Waals surface area contributed by atoms with Crippen molar-refractivity contribution < 1.29 is 4.74 Å². The van der Waals surface area contributed by atoms with Gasteiger partial charge >= 0.3 is 0 Å². The lowest BCUT2D eigenvalue weighted by Crippen LogP contribution is -2.51. The molecule has 1 aliphatic rings. The van der Waals surface area contributed by atoms with Crippen molar-refractivity contribution >= 4 is 0 Å². The van der Waals surface area contributed by atoms with Crippen molar-refractivity contribution in [2.24, 2.45) is 5.73 Å². The largest absolute Gasteiger partial charge is 0.497 e. The Morgan fingerprint density at radius 1 is 1.14 bits per heavy atom. The minimum atomic E-state index is -0.0241. The smallest absolute Gasteiger partial charge is 0.119 e. The van der Waals surface area contributed by atoms with Crippen molar-refractivity contribution in [3.8, 4) is 5.75 Å². The second kappa shape index (κ2) is 6.80. The van der Waals surface area contributed by atoms with Crippen LogP contribution in [0.25, 0.3) is 0 Å². The summed E-state index contributed by atoms with van der Waals surface area (Å²) < 4.78 is 5.30. The van der Waals surface area contributed by atoms with E-state index >= 15 is 0 Å². The molecule has 1 unspecified atom stereocenters. The van der Waals surface area contributed by atoms with E-state index in [4.69, 9.17) is 10.5 Å². The molecule has 0 bridgehead atoms. The molecule has 1 aliphatic heterocycles. The Morgan fingerprint density at radius 2 is 1.76 bits per heavy atom. The highest BCUT2D eigenvalue weighted by Crippen LogP contribution is 2.33. The number of hydrogen-bond donors (Lipinski definition) is 1. The fraction of sp³-hybridized carbons (Fsp3) is 0.667. The van der Waals surface area contributed by atoms with Crippen molar-refractivity contribution in [1.29, 1.82) is 0 Å². The molecule has 2 rings (SSSR count). The summed E-state index contributed by atoms with van der Waals surface area (Å²) in [7, 11) is 1.70. The van der Waals surface area contributed by atoms with Gasteiger partial charge in [0.2, 0.25) is 0 Å². The van der Waals surface area contributed by atoms with Crippen LogP contribution in [-0.4, -0.2) is 30.6 Å². The minimum absolute atomic E-state index is 0.0153. The van der Waals surface area contributed by atoms with E-state index in [9.17, 15) is 0 Å². The van der Waals surface area contributed by atoms with Crippen molar-refractivity contribution in [3.05, 3.63) is 29.3 Å².